The second-order valence-electron chi connectivity index (χ2n) is 9.31. The van der Waals surface area contributed by atoms with E-state index in [0.717, 1.165) is 48.8 Å². The number of amides is 1. The molecule has 178 valence electrons. The van der Waals surface area contributed by atoms with Gasteiger partial charge in [0.25, 0.3) is 0 Å². The SMILES string of the molecule is CS(=O)(=O)N[C@H]1CCCN(C(=O)OC2CCCCC2)[C@H]1Cc1cccc(-c2ccccc2)c1. The molecular weight excluding hydrogens is 436 g/mol. The summed E-state index contributed by atoms with van der Waals surface area (Å²) >= 11 is 0. The first-order valence-electron chi connectivity index (χ1n) is 12.0. The molecule has 1 amide bonds. The number of hydrogen-bond donors (Lipinski definition) is 1. The van der Waals surface area contributed by atoms with Crippen molar-refractivity contribution in [2.75, 3.05) is 12.8 Å². The van der Waals surface area contributed by atoms with Crippen molar-refractivity contribution < 1.29 is 17.9 Å². The molecule has 1 heterocycles. The molecule has 33 heavy (non-hydrogen) atoms. The molecule has 7 heteroatoms. The fourth-order valence-electron chi connectivity index (χ4n) is 5.09. The van der Waals surface area contributed by atoms with Crippen LogP contribution in [-0.2, 0) is 21.2 Å². The third-order valence-electron chi connectivity index (χ3n) is 6.68. The van der Waals surface area contributed by atoms with Gasteiger partial charge in [0.2, 0.25) is 10.0 Å². The molecule has 1 saturated heterocycles. The number of benzene rings is 2. The monoisotopic (exact) mass is 470 g/mol. The van der Waals surface area contributed by atoms with Crippen LogP contribution in [0.1, 0.15) is 50.5 Å². The van der Waals surface area contributed by atoms with Gasteiger partial charge in [0.15, 0.2) is 0 Å². The van der Waals surface area contributed by atoms with E-state index in [2.05, 4.69) is 29.0 Å². The Kier molecular flexibility index (Phi) is 7.71. The van der Waals surface area contributed by atoms with Gasteiger partial charge in [-0.3, -0.25) is 0 Å². The summed E-state index contributed by atoms with van der Waals surface area (Å²) in [5.74, 6) is 0. The second kappa shape index (κ2) is 10.7. The highest BCUT2D eigenvalue weighted by molar-refractivity contribution is 7.88. The lowest BCUT2D eigenvalue weighted by Gasteiger charge is -2.41. The van der Waals surface area contributed by atoms with Crippen LogP contribution >= 0.6 is 0 Å². The minimum Gasteiger partial charge on any atom is -0.446 e. The fraction of sp³-hybridized carbons (Fsp3) is 0.500. The lowest BCUT2D eigenvalue weighted by atomic mass is 9.90. The van der Waals surface area contributed by atoms with Crippen molar-refractivity contribution in [1.82, 2.24) is 9.62 Å². The predicted octanol–water partition coefficient (Wildman–Crippen LogP) is 4.75. The molecule has 2 atom stereocenters. The third-order valence-corrected chi connectivity index (χ3v) is 7.41. The number of carbonyl (C=O) groups is 1. The summed E-state index contributed by atoms with van der Waals surface area (Å²) in [5, 5.41) is 0. The first-order chi connectivity index (χ1) is 15.9. The molecule has 0 spiro atoms. The van der Waals surface area contributed by atoms with Gasteiger partial charge in [0.05, 0.1) is 12.3 Å². The zero-order valence-corrected chi connectivity index (χ0v) is 20.1. The molecular formula is C26H34N2O4S. The van der Waals surface area contributed by atoms with Gasteiger partial charge >= 0.3 is 6.09 Å². The van der Waals surface area contributed by atoms with Crippen molar-refractivity contribution in [3.05, 3.63) is 60.2 Å². The van der Waals surface area contributed by atoms with Crippen molar-refractivity contribution in [3.63, 3.8) is 0 Å². The van der Waals surface area contributed by atoms with Crippen molar-refractivity contribution >= 4 is 16.1 Å². The van der Waals surface area contributed by atoms with Crippen LogP contribution in [0, 0.1) is 0 Å². The number of ether oxygens (including phenoxy) is 1. The maximum Gasteiger partial charge on any atom is 0.410 e. The van der Waals surface area contributed by atoms with Crippen LogP contribution < -0.4 is 4.72 Å². The van der Waals surface area contributed by atoms with Crippen LogP contribution in [0.15, 0.2) is 54.6 Å². The summed E-state index contributed by atoms with van der Waals surface area (Å²) in [6.07, 6.45) is 8.03. The van der Waals surface area contributed by atoms with Crippen LogP contribution in [0.3, 0.4) is 0 Å². The van der Waals surface area contributed by atoms with Gasteiger partial charge in [-0.1, -0.05) is 61.0 Å². The van der Waals surface area contributed by atoms with E-state index in [1.807, 2.05) is 30.3 Å². The Bertz CT molecular complexity index is 1040. The van der Waals surface area contributed by atoms with E-state index in [0.29, 0.717) is 19.4 Å². The maximum atomic E-state index is 13.2. The third kappa shape index (κ3) is 6.58. The summed E-state index contributed by atoms with van der Waals surface area (Å²) < 4.78 is 32.8. The lowest BCUT2D eigenvalue weighted by molar-refractivity contribution is 0.0236. The highest BCUT2D eigenvalue weighted by Crippen LogP contribution is 2.27. The molecule has 1 N–H and O–H groups in total. The number of piperidine rings is 1. The molecule has 1 saturated carbocycles. The van der Waals surface area contributed by atoms with Gasteiger partial charge in [-0.2, -0.15) is 0 Å². The van der Waals surface area contributed by atoms with Crippen LogP contribution in [0.5, 0.6) is 0 Å². The molecule has 1 aliphatic carbocycles. The van der Waals surface area contributed by atoms with Crippen LogP contribution in [0.25, 0.3) is 11.1 Å². The summed E-state index contributed by atoms with van der Waals surface area (Å²) in [7, 11) is -3.41. The summed E-state index contributed by atoms with van der Waals surface area (Å²) in [6, 6.07) is 17.8. The zero-order valence-electron chi connectivity index (χ0n) is 19.3. The Labute approximate surface area is 197 Å². The number of hydrogen-bond acceptors (Lipinski definition) is 4. The molecule has 2 aromatic rings. The van der Waals surface area contributed by atoms with Gasteiger partial charge in [-0.25, -0.2) is 17.9 Å². The molecule has 0 unspecified atom stereocenters. The van der Waals surface area contributed by atoms with Crippen LogP contribution in [0.4, 0.5) is 4.79 Å². The summed E-state index contributed by atoms with van der Waals surface area (Å²) in [4.78, 5) is 15.0. The molecule has 4 rings (SSSR count). The number of rotatable bonds is 6. The normalized spacial score (nSPS) is 22.2. The molecule has 1 aliphatic heterocycles. The Morgan fingerprint density at radius 1 is 0.970 bits per heavy atom. The van der Waals surface area contributed by atoms with Gasteiger partial charge in [0.1, 0.15) is 6.10 Å². The summed E-state index contributed by atoms with van der Waals surface area (Å²) in [5.41, 5.74) is 3.30. The highest BCUT2D eigenvalue weighted by Gasteiger charge is 2.37. The number of likely N-dealkylation sites (tertiary alicyclic amines) is 1. The Balaban J connectivity index is 1.57. The molecule has 6 nitrogen and oxygen atoms in total. The molecule has 2 aliphatic rings. The molecule has 0 radical (unpaired) electrons. The largest absolute Gasteiger partial charge is 0.446 e. The van der Waals surface area contributed by atoms with Gasteiger partial charge in [-0.15, -0.1) is 0 Å². The van der Waals surface area contributed by atoms with Gasteiger partial charge in [0, 0.05) is 12.6 Å². The zero-order chi connectivity index (χ0) is 23.3. The Hall–Kier alpha value is -2.38. The number of nitrogens with one attached hydrogen (secondary N) is 1. The first-order valence-corrected chi connectivity index (χ1v) is 13.9. The predicted molar refractivity (Wildman–Crippen MR) is 130 cm³/mol. The van der Waals surface area contributed by atoms with Gasteiger partial charge in [-0.05, 0) is 61.6 Å². The Morgan fingerprint density at radius 3 is 2.42 bits per heavy atom. The summed E-state index contributed by atoms with van der Waals surface area (Å²) in [6.45, 7) is 0.580. The van der Waals surface area contributed by atoms with Crippen molar-refractivity contribution in [2.45, 2.75) is 69.6 Å². The Morgan fingerprint density at radius 2 is 1.70 bits per heavy atom. The van der Waals surface area contributed by atoms with Crippen LogP contribution in [-0.4, -0.2) is 50.4 Å². The topological polar surface area (TPSA) is 75.7 Å². The number of sulfonamides is 1. The first kappa shape index (κ1) is 23.8. The van der Waals surface area contributed by atoms with E-state index in [-0.39, 0.29) is 24.3 Å². The minimum atomic E-state index is -3.41. The lowest BCUT2D eigenvalue weighted by Crippen LogP contribution is -2.58. The minimum absolute atomic E-state index is 0.0310. The molecule has 0 bridgehead atoms. The standard InChI is InChI=1S/C26H34N2O4S/c1-33(30,31)27-24-16-9-17-28(26(29)32-23-14-6-3-7-15-23)25(24)19-20-10-8-13-22(18-20)21-11-4-2-5-12-21/h2,4-5,8,10-13,18,23-25,27H,3,6-7,9,14-17,19H2,1H3/t24-,25-/m0/s1. The highest BCUT2D eigenvalue weighted by atomic mass is 32.2. The molecule has 0 aromatic heterocycles. The van der Waals surface area contributed by atoms with E-state index < -0.39 is 10.0 Å². The van der Waals surface area contributed by atoms with E-state index >= 15 is 0 Å². The van der Waals surface area contributed by atoms with Crippen molar-refractivity contribution in [2.24, 2.45) is 0 Å². The van der Waals surface area contributed by atoms with Crippen molar-refractivity contribution in [3.8, 4) is 11.1 Å². The van der Waals surface area contributed by atoms with Gasteiger partial charge < -0.3 is 9.64 Å². The molecule has 2 aromatic carbocycles. The number of nitrogens with zero attached hydrogens (tertiary/aromatic N) is 1. The fourth-order valence-corrected chi connectivity index (χ4v) is 5.92. The maximum absolute atomic E-state index is 13.2. The van der Waals surface area contributed by atoms with E-state index in [4.69, 9.17) is 4.74 Å². The van der Waals surface area contributed by atoms with Crippen LogP contribution in [0.2, 0.25) is 0 Å². The van der Waals surface area contributed by atoms with E-state index in [1.54, 1.807) is 4.90 Å². The van der Waals surface area contributed by atoms with Crippen molar-refractivity contribution in [1.29, 1.82) is 0 Å². The molecule has 2 fully saturated rings. The number of carbonyl (C=O) groups excluding carboxylic acids is 1. The quantitative estimate of drug-likeness (QED) is 0.661. The second-order valence-corrected chi connectivity index (χ2v) is 11.1. The average molecular weight is 471 g/mol. The smallest absolute Gasteiger partial charge is 0.410 e. The van der Waals surface area contributed by atoms with E-state index in [9.17, 15) is 13.2 Å². The van der Waals surface area contributed by atoms with E-state index in [1.165, 1.54) is 12.7 Å². The average Bonchev–Trinajstić information content (AvgIpc) is 2.80.